The third kappa shape index (κ3) is 2.54. The van der Waals surface area contributed by atoms with E-state index in [0.717, 1.165) is 11.4 Å². The number of ether oxygens (including phenoxy) is 1. The summed E-state index contributed by atoms with van der Waals surface area (Å²) in [6, 6.07) is 5.23. The average molecular weight is 265 g/mol. The van der Waals surface area contributed by atoms with Crippen LogP contribution in [0.25, 0.3) is 0 Å². The Hall–Kier alpha value is -1.81. The van der Waals surface area contributed by atoms with Crippen molar-refractivity contribution in [1.82, 2.24) is 9.55 Å². The summed E-state index contributed by atoms with van der Waals surface area (Å²) < 4.78 is 7.54. The summed E-state index contributed by atoms with van der Waals surface area (Å²) in [6.45, 7) is 2.16. The van der Waals surface area contributed by atoms with Crippen molar-refractivity contribution >= 4 is 16.8 Å². The zero-order chi connectivity index (χ0) is 13.1. The molecule has 0 aliphatic carbocycles. The Morgan fingerprint density at radius 3 is 2.89 bits per heavy atom. The van der Waals surface area contributed by atoms with E-state index in [9.17, 15) is 4.79 Å². The standard InChI is InChI=1S/C13H13ClN2O2/c1-9-10(13(14)17)4-3-5-11(9)18-8-12-15-6-7-16(12)2/h3-7H,8H2,1-2H3. The molecule has 0 radical (unpaired) electrons. The zero-order valence-electron chi connectivity index (χ0n) is 10.2. The molecule has 5 heteroatoms. The van der Waals surface area contributed by atoms with E-state index < -0.39 is 5.24 Å². The van der Waals surface area contributed by atoms with Gasteiger partial charge in [0, 0.05) is 30.6 Å². The molecule has 0 unspecified atom stereocenters. The fourth-order valence-electron chi connectivity index (χ4n) is 1.66. The van der Waals surface area contributed by atoms with Crippen molar-refractivity contribution in [2.75, 3.05) is 0 Å². The molecule has 18 heavy (non-hydrogen) atoms. The molecule has 2 rings (SSSR count). The van der Waals surface area contributed by atoms with Crippen LogP contribution in [0.5, 0.6) is 5.75 Å². The maximum Gasteiger partial charge on any atom is 0.252 e. The highest BCUT2D eigenvalue weighted by molar-refractivity contribution is 6.67. The lowest BCUT2D eigenvalue weighted by atomic mass is 10.1. The molecule has 0 aliphatic heterocycles. The minimum absolute atomic E-state index is 0.351. The molecule has 0 atom stereocenters. The number of aryl methyl sites for hydroxylation is 1. The summed E-state index contributed by atoms with van der Waals surface area (Å²) >= 11 is 5.49. The Morgan fingerprint density at radius 1 is 1.50 bits per heavy atom. The quantitative estimate of drug-likeness (QED) is 0.798. The van der Waals surface area contributed by atoms with Crippen molar-refractivity contribution in [1.29, 1.82) is 0 Å². The number of carbonyl (C=O) groups is 1. The molecule has 0 saturated carbocycles. The van der Waals surface area contributed by atoms with Gasteiger partial charge in [-0.1, -0.05) is 6.07 Å². The van der Waals surface area contributed by atoms with Crippen molar-refractivity contribution < 1.29 is 9.53 Å². The Labute approximate surface area is 110 Å². The van der Waals surface area contributed by atoms with Gasteiger partial charge in [-0.25, -0.2) is 4.98 Å². The number of imidazole rings is 1. The number of carbonyl (C=O) groups excluding carboxylic acids is 1. The van der Waals surface area contributed by atoms with Crippen LogP contribution in [-0.4, -0.2) is 14.8 Å². The average Bonchev–Trinajstić information content (AvgIpc) is 2.73. The number of benzene rings is 1. The molecule has 0 saturated heterocycles. The summed E-state index contributed by atoms with van der Waals surface area (Å²) in [5.74, 6) is 1.46. The smallest absolute Gasteiger partial charge is 0.252 e. The highest BCUT2D eigenvalue weighted by atomic mass is 35.5. The highest BCUT2D eigenvalue weighted by Gasteiger charge is 2.10. The number of hydrogen-bond acceptors (Lipinski definition) is 3. The molecule has 0 amide bonds. The lowest BCUT2D eigenvalue weighted by Crippen LogP contribution is -2.05. The van der Waals surface area contributed by atoms with Crippen molar-refractivity contribution in [2.45, 2.75) is 13.5 Å². The van der Waals surface area contributed by atoms with Gasteiger partial charge in [0.1, 0.15) is 18.2 Å². The van der Waals surface area contributed by atoms with Crippen molar-refractivity contribution in [2.24, 2.45) is 7.05 Å². The summed E-state index contributed by atoms with van der Waals surface area (Å²) in [5, 5.41) is -0.477. The lowest BCUT2D eigenvalue weighted by molar-refractivity contribution is 0.108. The van der Waals surface area contributed by atoms with Crippen molar-refractivity contribution in [3.63, 3.8) is 0 Å². The zero-order valence-corrected chi connectivity index (χ0v) is 10.9. The van der Waals surface area contributed by atoms with Crippen LogP contribution in [0.3, 0.4) is 0 Å². The topological polar surface area (TPSA) is 44.1 Å². The summed E-state index contributed by atoms with van der Waals surface area (Å²) in [4.78, 5) is 15.4. The van der Waals surface area contributed by atoms with Crippen molar-refractivity contribution in [3.8, 4) is 5.75 Å². The van der Waals surface area contributed by atoms with Gasteiger partial charge in [0.25, 0.3) is 5.24 Å². The summed E-state index contributed by atoms with van der Waals surface area (Å²) in [6.07, 6.45) is 3.56. The van der Waals surface area contributed by atoms with Crippen LogP contribution in [0, 0.1) is 6.92 Å². The first kappa shape index (κ1) is 12.6. The molecule has 0 N–H and O–H groups in total. The number of hydrogen-bond donors (Lipinski definition) is 0. The van der Waals surface area contributed by atoms with Crippen LogP contribution in [-0.2, 0) is 13.7 Å². The van der Waals surface area contributed by atoms with E-state index in [0.29, 0.717) is 17.9 Å². The number of rotatable bonds is 4. The van der Waals surface area contributed by atoms with Gasteiger partial charge in [-0.2, -0.15) is 0 Å². The number of halogens is 1. The molecule has 0 spiro atoms. The van der Waals surface area contributed by atoms with Crippen LogP contribution >= 0.6 is 11.6 Å². The van der Waals surface area contributed by atoms with Crippen LogP contribution in [0.1, 0.15) is 21.7 Å². The molecular weight excluding hydrogens is 252 g/mol. The second-order valence-corrected chi connectivity index (χ2v) is 4.29. The highest BCUT2D eigenvalue weighted by Crippen LogP contribution is 2.23. The van der Waals surface area contributed by atoms with E-state index in [1.807, 2.05) is 30.8 Å². The molecule has 0 fully saturated rings. The van der Waals surface area contributed by atoms with Crippen LogP contribution < -0.4 is 4.74 Å². The minimum Gasteiger partial charge on any atom is -0.485 e. The molecule has 1 heterocycles. The van der Waals surface area contributed by atoms with Gasteiger partial charge in [0.15, 0.2) is 0 Å². The van der Waals surface area contributed by atoms with Crippen molar-refractivity contribution in [3.05, 3.63) is 47.5 Å². The Bertz CT molecular complexity index is 578. The first-order valence-electron chi connectivity index (χ1n) is 5.48. The Balaban J connectivity index is 2.17. The molecule has 94 valence electrons. The third-order valence-corrected chi connectivity index (χ3v) is 2.98. The van der Waals surface area contributed by atoms with Gasteiger partial charge >= 0.3 is 0 Å². The predicted octanol–water partition coefficient (Wildman–Crippen LogP) is 2.69. The fourth-order valence-corrected chi connectivity index (χ4v) is 1.87. The van der Waals surface area contributed by atoms with Gasteiger partial charge in [0.2, 0.25) is 0 Å². The van der Waals surface area contributed by atoms with Gasteiger partial charge in [-0.05, 0) is 30.7 Å². The van der Waals surface area contributed by atoms with Crippen LogP contribution in [0.2, 0.25) is 0 Å². The molecule has 4 nitrogen and oxygen atoms in total. The van der Waals surface area contributed by atoms with Gasteiger partial charge in [0.05, 0.1) is 0 Å². The van der Waals surface area contributed by atoms with Gasteiger partial charge in [-0.3, -0.25) is 4.79 Å². The van der Waals surface area contributed by atoms with Gasteiger partial charge in [-0.15, -0.1) is 0 Å². The fraction of sp³-hybridized carbons (Fsp3) is 0.231. The maximum absolute atomic E-state index is 11.2. The minimum atomic E-state index is -0.477. The maximum atomic E-state index is 11.2. The SMILES string of the molecule is Cc1c(OCc2nccn2C)cccc1C(=O)Cl. The van der Waals surface area contributed by atoms with E-state index in [1.54, 1.807) is 18.3 Å². The molecule has 1 aromatic carbocycles. The van der Waals surface area contributed by atoms with E-state index in [4.69, 9.17) is 16.3 Å². The van der Waals surface area contributed by atoms with E-state index >= 15 is 0 Å². The predicted molar refractivity (Wildman–Crippen MR) is 68.9 cm³/mol. The van der Waals surface area contributed by atoms with E-state index in [2.05, 4.69) is 4.98 Å². The van der Waals surface area contributed by atoms with E-state index in [-0.39, 0.29) is 0 Å². The van der Waals surface area contributed by atoms with Crippen LogP contribution in [0.4, 0.5) is 0 Å². The molecule has 2 aromatic rings. The lowest BCUT2D eigenvalue weighted by Gasteiger charge is -2.10. The monoisotopic (exact) mass is 264 g/mol. The Kier molecular flexibility index (Phi) is 3.67. The van der Waals surface area contributed by atoms with Crippen LogP contribution in [0.15, 0.2) is 30.6 Å². The molecule has 0 bridgehead atoms. The largest absolute Gasteiger partial charge is 0.485 e. The molecule has 0 aliphatic rings. The number of aromatic nitrogens is 2. The molecule has 1 aromatic heterocycles. The van der Waals surface area contributed by atoms with Gasteiger partial charge < -0.3 is 9.30 Å². The normalized spacial score (nSPS) is 10.4. The van der Waals surface area contributed by atoms with E-state index in [1.165, 1.54) is 0 Å². The number of nitrogens with zero attached hydrogens (tertiary/aromatic N) is 2. The summed E-state index contributed by atoms with van der Waals surface area (Å²) in [7, 11) is 1.90. The third-order valence-electron chi connectivity index (χ3n) is 2.77. The molecular formula is C13H13ClN2O2. The summed E-state index contributed by atoms with van der Waals surface area (Å²) in [5.41, 5.74) is 1.21. The second-order valence-electron chi connectivity index (χ2n) is 3.95. The first-order chi connectivity index (χ1) is 8.59. The Morgan fingerprint density at radius 2 is 2.28 bits per heavy atom. The second kappa shape index (κ2) is 5.23. The first-order valence-corrected chi connectivity index (χ1v) is 5.86.